The number of nitrogens with one attached hydrogen (secondary N) is 1. The van der Waals surface area contributed by atoms with Crippen molar-refractivity contribution in [1.82, 2.24) is 0 Å². The molecule has 3 rings (SSSR count). The third-order valence-electron chi connectivity index (χ3n) is 4.00. The summed E-state index contributed by atoms with van der Waals surface area (Å²) in [7, 11) is -4.55. The molecule has 8 heteroatoms. The Morgan fingerprint density at radius 2 is 1.81 bits per heavy atom. The minimum Gasteiger partial charge on any atom is -0.508 e. The summed E-state index contributed by atoms with van der Waals surface area (Å²) in [6.07, 6.45) is 0. The van der Waals surface area contributed by atoms with Crippen LogP contribution in [-0.4, -0.2) is 24.0 Å². The Balaban J connectivity index is 2.10. The molecule has 7 nitrogen and oxygen atoms in total. The molecule has 0 heterocycles. The van der Waals surface area contributed by atoms with E-state index in [1.165, 1.54) is 18.2 Å². The molecule has 3 aromatic rings. The van der Waals surface area contributed by atoms with Crippen LogP contribution >= 0.6 is 0 Å². The standard InChI is InChI=1S/C18H16N2O5S/c1-10-7-11(5-6-15(10)19)18(22)20-16-4-2-3-13-14(16)8-12(21)9-17(13)26(23,24)25/h2-9,21H,19H2,1H3,(H,20,22)(H,23,24,25). The molecule has 0 unspecified atom stereocenters. The predicted octanol–water partition coefficient (Wildman–Crippen LogP) is 2.94. The Hall–Kier alpha value is -3.10. The molecule has 0 fully saturated rings. The van der Waals surface area contributed by atoms with Crippen molar-refractivity contribution in [3.8, 4) is 5.75 Å². The van der Waals surface area contributed by atoms with Crippen molar-refractivity contribution in [3.63, 3.8) is 0 Å². The van der Waals surface area contributed by atoms with Gasteiger partial charge in [0.1, 0.15) is 10.6 Å². The van der Waals surface area contributed by atoms with E-state index in [9.17, 15) is 22.9 Å². The first-order valence-electron chi connectivity index (χ1n) is 7.57. The van der Waals surface area contributed by atoms with E-state index in [4.69, 9.17) is 5.73 Å². The number of aryl methyl sites for hydroxylation is 1. The van der Waals surface area contributed by atoms with Gasteiger partial charge in [-0.05, 0) is 42.8 Å². The van der Waals surface area contributed by atoms with Gasteiger partial charge in [0.05, 0.1) is 0 Å². The van der Waals surface area contributed by atoms with Crippen molar-refractivity contribution in [1.29, 1.82) is 0 Å². The number of carbonyl (C=O) groups excluding carboxylic acids is 1. The number of phenols is 1. The quantitative estimate of drug-likeness (QED) is 0.413. The van der Waals surface area contributed by atoms with E-state index in [-0.39, 0.29) is 16.5 Å². The number of amides is 1. The fraction of sp³-hybridized carbons (Fsp3) is 0.0556. The van der Waals surface area contributed by atoms with Gasteiger partial charge >= 0.3 is 0 Å². The molecule has 0 aromatic heterocycles. The highest BCUT2D eigenvalue weighted by molar-refractivity contribution is 7.86. The third kappa shape index (κ3) is 3.32. The van der Waals surface area contributed by atoms with Crippen molar-refractivity contribution >= 4 is 38.2 Å². The van der Waals surface area contributed by atoms with Crippen LogP contribution in [0.3, 0.4) is 0 Å². The average molecular weight is 372 g/mol. The Kier molecular flexibility index (Phi) is 4.31. The van der Waals surface area contributed by atoms with Crippen molar-refractivity contribution in [2.75, 3.05) is 11.1 Å². The molecule has 0 aliphatic carbocycles. The number of hydrogen-bond donors (Lipinski definition) is 4. The molecule has 0 saturated carbocycles. The molecule has 1 amide bonds. The number of nitrogen functional groups attached to an aromatic ring is 1. The molecule has 3 aromatic carbocycles. The summed E-state index contributed by atoms with van der Waals surface area (Å²) >= 11 is 0. The molecular formula is C18H16N2O5S. The lowest BCUT2D eigenvalue weighted by Gasteiger charge is -2.12. The van der Waals surface area contributed by atoms with Crippen LogP contribution in [-0.2, 0) is 10.1 Å². The van der Waals surface area contributed by atoms with Gasteiger partial charge in [-0.3, -0.25) is 9.35 Å². The molecule has 0 bridgehead atoms. The highest BCUT2D eigenvalue weighted by Gasteiger charge is 2.18. The molecular weight excluding hydrogens is 356 g/mol. The maximum absolute atomic E-state index is 12.5. The summed E-state index contributed by atoms with van der Waals surface area (Å²) in [6, 6.07) is 11.7. The number of fused-ring (bicyclic) bond motifs is 1. The van der Waals surface area contributed by atoms with E-state index in [0.717, 1.165) is 11.6 Å². The fourth-order valence-corrected chi connectivity index (χ4v) is 3.40. The zero-order valence-corrected chi connectivity index (χ0v) is 14.5. The van der Waals surface area contributed by atoms with Crippen LogP contribution < -0.4 is 11.1 Å². The number of nitrogens with two attached hydrogens (primary N) is 1. The predicted molar refractivity (Wildman–Crippen MR) is 99.0 cm³/mol. The molecule has 0 atom stereocenters. The summed E-state index contributed by atoms with van der Waals surface area (Å²) in [5.74, 6) is -0.771. The van der Waals surface area contributed by atoms with Gasteiger partial charge in [0, 0.05) is 33.8 Å². The lowest BCUT2D eigenvalue weighted by molar-refractivity contribution is 0.102. The maximum Gasteiger partial charge on any atom is 0.295 e. The molecule has 0 aliphatic heterocycles. The molecule has 134 valence electrons. The van der Waals surface area contributed by atoms with Gasteiger partial charge in [0.25, 0.3) is 16.0 Å². The number of rotatable bonds is 3. The van der Waals surface area contributed by atoms with E-state index < -0.39 is 20.9 Å². The van der Waals surface area contributed by atoms with Gasteiger partial charge in [-0.15, -0.1) is 0 Å². The smallest absolute Gasteiger partial charge is 0.295 e. The lowest BCUT2D eigenvalue weighted by atomic mass is 10.1. The molecule has 26 heavy (non-hydrogen) atoms. The summed E-state index contributed by atoms with van der Waals surface area (Å²) in [4.78, 5) is 12.1. The molecule has 0 radical (unpaired) electrons. The average Bonchev–Trinajstić information content (AvgIpc) is 2.56. The first-order valence-corrected chi connectivity index (χ1v) is 9.01. The minimum atomic E-state index is -4.55. The van der Waals surface area contributed by atoms with Crippen molar-refractivity contribution < 1.29 is 22.9 Å². The first kappa shape index (κ1) is 17.7. The number of aromatic hydroxyl groups is 1. The van der Waals surface area contributed by atoms with Gasteiger partial charge < -0.3 is 16.2 Å². The Morgan fingerprint density at radius 1 is 1.08 bits per heavy atom. The van der Waals surface area contributed by atoms with Crippen molar-refractivity contribution in [2.45, 2.75) is 11.8 Å². The largest absolute Gasteiger partial charge is 0.508 e. The third-order valence-corrected chi connectivity index (χ3v) is 4.89. The van der Waals surface area contributed by atoms with Crippen LogP contribution in [0.2, 0.25) is 0 Å². The monoisotopic (exact) mass is 372 g/mol. The zero-order chi connectivity index (χ0) is 19.1. The topological polar surface area (TPSA) is 130 Å². The van der Waals surface area contributed by atoms with Crippen LogP contribution in [0.4, 0.5) is 11.4 Å². The first-order chi connectivity index (χ1) is 12.2. The van der Waals surface area contributed by atoms with Crippen molar-refractivity contribution in [3.05, 3.63) is 59.7 Å². The summed E-state index contributed by atoms with van der Waals surface area (Å²) in [5.41, 5.74) is 7.74. The minimum absolute atomic E-state index is 0.177. The van der Waals surface area contributed by atoms with Gasteiger partial charge in [-0.1, -0.05) is 12.1 Å². The number of anilines is 2. The van der Waals surface area contributed by atoms with Crippen LogP contribution in [0, 0.1) is 6.92 Å². The Bertz CT molecular complexity index is 1140. The normalized spacial score (nSPS) is 11.5. The fourth-order valence-electron chi connectivity index (χ4n) is 2.67. The van der Waals surface area contributed by atoms with E-state index in [1.807, 2.05) is 0 Å². The molecule has 0 spiro atoms. The Labute approximate surface area is 149 Å². The van der Waals surface area contributed by atoms with Crippen molar-refractivity contribution in [2.24, 2.45) is 0 Å². The molecule has 0 saturated heterocycles. The SMILES string of the molecule is Cc1cc(C(=O)Nc2cccc3c(S(=O)(=O)O)cc(O)cc23)ccc1N. The molecule has 0 aliphatic rings. The summed E-state index contributed by atoms with van der Waals surface area (Å²) in [5, 5.41) is 13.0. The Morgan fingerprint density at radius 3 is 2.46 bits per heavy atom. The van der Waals surface area contributed by atoms with Gasteiger partial charge in [-0.25, -0.2) is 0 Å². The second-order valence-electron chi connectivity index (χ2n) is 5.85. The van der Waals surface area contributed by atoms with Crippen LogP contribution in [0.15, 0.2) is 53.4 Å². The number of benzene rings is 3. The number of carbonyl (C=O) groups is 1. The maximum atomic E-state index is 12.5. The number of hydrogen-bond acceptors (Lipinski definition) is 5. The van der Waals surface area contributed by atoms with E-state index in [0.29, 0.717) is 16.9 Å². The van der Waals surface area contributed by atoms with Crippen LogP contribution in [0.5, 0.6) is 5.75 Å². The van der Waals surface area contributed by atoms with E-state index >= 15 is 0 Å². The van der Waals surface area contributed by atoms with Crippen LogP contribution in [0.25, 0.3) is 10.8 Å². The second kappa shape index (κ2) is 6.32. The number of phenolic OH excluding ortho intramolecular Hbond substituents is 1. The van der Waals surface area contributed by atoms with Gasteiger partial charge in [-0.2, -0.15) is 8.42 Å². The second-order valence-corrected chi connectivity index (χ2v) is 7.24. The van der Waals surface area contributed by atoms with Gasteiger partial charge in [0.15, 0.2) is 0 Å². The summed E-state index contributed by atoms with van der Waals surface area (Å²) < 4.78 is 32.5. The lowest BCUT2D eigenvalue weighted by Crippen LogP contribution is -2.13. The molecule has 5 N–H and O–H groups in total. The highest BCUT2D eigenvalue weighted by Crippen LogP contribution is 2.33. The summed E-state index contributed by atoms with van der Waals surface area (Å²) in [6.45, 7) is 1.78. The van der Waals surface area contributed by atoms with E-state index in [2.05, 4.69) is 5.32 Å². The van der Waals surface area contributed by atoms with Crippen LogP contribution in [0.1, 0.15) is 15.9 Å². The highest BCUT2D eigenvalue weighted by atomic mass is 32.2. The van der Waals surface area contributed by atoms with Gasteiger partial charge in [0.2, 0.25) is 0 Å². The van der Waals surface area contributed by atoms with E-state index in [1.54, 1.807) is 31.2 Å². The zero-order valence-electron chi connectivity index (χ0n) is 13.7.